The lowest BCUT2D eigenvalue weighted by Crippen LogP contribution is -1.93. The van der Waals surface area contributed by atoms with Gasteiger partial charge in [-0.15, -0.1) is 0 Å². The average molecular weight is 491 g/mol. The maximum atomic E-state index is 5.13. The fourth-order valence-corrected chi connectivity index (χ4v) is 6.18. The highest BCUT2D eigenvalue weighted by molar-refractivity contribution is 6.29. The van der Waals surface area contributed by atoms with Gasteiger partial charge < -0.3 is 9.97 Å². The van der Waals surface area contributed by atoms with Crippen molar-refractivity contribution in [3.63, 3.8) is 0 Å². The highest BCUT2D eigenvalue weighted by Gasteiger charge is 2.23. The van der Waals surface area contributed by atoms with Crippen LogP contribution in [0.15, 0.2) is 72.8 Å². The summed E-state index contributed by atoms with van der Waals surface area (Å²) in [7, 11) is 0. The van der Waals surface area contributed by atoms with E-state index in [-0.39, 0.29) is 0 Å². The Kier molecular flexibility index (Phi) is 4.18. The van der Waals surface area contributed by atoms with Gasteiger partial charge in [-0.2, -0.15) is 0 Å². The summed E-state index contributed by atoms with van der Waals surface area (Å²) in [6, 6.07) is 26.4. The van der Waals surface area contributed by atoms with Gasteiger partial charge in [0.05, 0.1) is 11.0 Å². The van der Waals surface area contributed by atoms with E-state index in [1.807, 2.05) is 0 Å². The second-order valence-electron chi connectivity index (χ2n) is 10.8. The molecule has 0 aliphatic heterocycles. The number of hydrogen-bond donors (Lipinski definition) is 2. The van der Waals surface area contributed by atoms with E-state index in [0.29, 0.717) is 0 Å². The van der Waals surface area contributed by atoms with Crippen molar-refractivity contribution in [2.24, 2.45) is 0 Å². The van der Waals surface area contributed by atoms with Crippen molar-refractivity contribution in [3.8, 4) is 11.1 Å². The molecule has 0 spiro atoms. The van der Waals surface area contributed by atoms with E-state index in [2.05, 4.69) is 110 Å². The molecule has 0 aliphatic rings. The van der Waals surface area contributed by atoms with Crippen molar-refractivity contribution in [3.05, 3.63) is 95.1 Å². The van der Waals surface area contributed by atoms with E-state index in [4.69, 9.17) is 9.97 Å². The van der Waals surface area contributed by atoms with Crippen LogP contribution < -0.4 is 0 Å². The summed E-state index contributed by atoms with van der Waals surface area (Å²) in [5.74, 6) is 0. The standard InChI is InChI=1S/C34H26N4/c1-17-5-9-25-21(13-17)29(31-23-15-19(3)7-11-27(23)37-33(31)35-25)30-22-14-18(2)6-10-26(22)36-34-32(30)24-16-20(4)8-12-28(24)38-34/h5-16H,1-4H3,(H,35,37)(H,36,38). The summed E-state index contributed by atoms with van der Waals surface area (Å²) in [4.78, 5) is 17.5. The Morgan fingerprint density at radius 2 is 0.816 bits per heavy atom. The van der Waals surface area contributed by atoms with Crippen LogP contribution in [0.4, 0.5) is 0 Å². The van der Waals surface area contributed by atoms with Gasteiger partial charge in [-0.05, 0) is 76.2 Å². The Bertz CT molecular complexity index is 2120. The summed E-state index contributed by atoms with van der Waals surface area (Å²) in [5, 5.41) is 7.06. The second-order valence-corrected chi connectivity index (χ2v) is 10.8. The number of rotatable bonds is 1. The highest BCUT2D eigenvalue weighted by atomic mass is 14.9. The molecule has 0 saturated heterocycles. The highest BCUT2D eigenvalue weighted by Crippen LogP contribution is 2.46. The van der Waals surface area contributed by atoms with Crippen molar-refractivity contribution in [1.29, 1.82) is 0 Å². The van der Waals surface area contributed by atoms with Crippen LogP contribution in [0.2, 0.25) is 0 Å². The SMILES string of the molecule is Cc1ccc2nc3[nH]c4ccc(C)cc4c3c(-c3c4cc(C)ccc4nc4[nH]c5ccc(C)cc5c34)c2c1. The van der Waals surface area contributed by atoms with Crippen molar-refractivity contribution < 1.29 is 0 Å². The number of hydrogen-bond acceptors (Lipinski definition) is 2. The van der Waals surface area contributed by atoms with Crippen LogP contribution in [0, 0.1) is 27.7 Å². The smallest absolute Gasteiger partial charge is 0.139 e. The fraction of sp³-hybridized carbons (Fsp3) is 0.118. The topological polar surface area (TPSA) is 57.4 Å². The molecule has 0 amide bonds. The average Bonchev–Trinajstić information content (AvgIpc) is 3.43. The van der Waals surface area contributed by atoms with Crippen molar-refractivity contribution in [2.75, 3.05) is 0 Å². The molecule has 4 nitrogen and oxygen atoms in total. The number of benzene rings is 4. The van der Waals surface area contributed by atoms with Crippen molar-refractivity contribution in [1.82, 2.24) is 19.9 Å². The number of nitrogens with one attached hydrogen (secondary N) is 2. The minimum Gasteiger partial charge on any atom is -0.339 e. The largest absolute Gasteiger partial charge is 0.339 e. The van der Waals surface area contributed by atoms with Crippen LogP contribution in [0.25, 0.3) is 76.8 Å². The lowest BCUT2D eigenvalue weighted by Gasteiger charge is -2.15. The molecule has 8 aromatic rings. The Morgan fingerprint density at radius 3 is 1.24 bits per heavy atom. The molecule has 0 radical (unpaired) electrons. The first-order chi connectivity index (χ1) is 18.4. The zero-order chi connectivity index (χ0) is 25.7. The molecule has 4 heteroatoms. The summed E-state index contributed by atoms with van der Waals surface area (Å²) in [6.07, 6.45) is 0. The van der Waals surface area contributed by atoms with Gasteiger partial charge in [0.1, 0.15) is 11.3 Å². The van der Waals surface area contributed by atoms with Crippen molar-refractivity contribution in [2.45, 2.75) is 27.7 Å². The van der Waals surface area contributed by atoms with Crippen LogP contribution in [0.5, 0.6) is 0 Å². The normalized spacial score (nSPS) is 12.2. The van der Waals surface area contributed by atoms with Gasteiger partial charge in [0, 0.05) is 54.5 Å². The first-order valence-corrected chi connectivity index (χ1v) is 13.1. The first-order valence-electron chi connectivity index (χ1n) is 13.1. The molecular weight excluding hydrogens is 464 g/mol. The zero-order valence-corrected chi connectivity index (χ0v) is 21.8. The van der Waals surface area contributed by atoms with Gasteiger partial charge in [0.15, 0.2) is 0 Å². The van der Waals surface area contributed by atoms with Gasteiger partial charge in [-0.25, -0.2) is 9.97 Å². The number of aromatic nitrogens is 4. The molecule has 0 bridgehead atoms. The quantitative estimate of drug-likeness (QED) is 0.241. The summed E-state index contributed by atoms with van der Waals surface area (Å²) in [5.41, 5.74) is 13.4. The number of H-pyrrole nitrogens is 2. The number of nitrogens with zero attached hydrogens (tertiary/aromatic N) is 2. The predicted octanol–water partition coefficient (Wildman–Crippen LogP) is 8.95. The molecule has 0 aliphatic carbocycles. The molecule has 4 aromatic heterocycles. The van der Waals surface area contributed by atoms with E-state index < -0.39 is 0 Å². The predicted molar refractivity (Wildman–Crippen MR) is 160 cm³/mol. The Balaban J connectivity index is 1.73. The maximum absolute atomic E-state index is 5.13. The van der Waals surface area contributed by atoms with Crippen molar-refractivity contribution >= 4 is 65.7 Å². The van der Waals surface area contributed by atoms with Crippen LogP contribution in [-0.2, 0) is 0 Å². The number of fused-ring (bicyclic) bond motifs is 8. The Morgan fingerprint density at radius 1 is 0.447 bits per heavy atom. The summed E-state index contributed by atoms with van der Waals surface area (Å²) >= 11 is 0. The number of aryl methyl sites for hydroxylation is 4. The van der Waals surface area contributed by atoms with Crippen LogP contribution in [0.1, 0.15) is 22.3 Å². The van der Waals surface area contributed by atoms with Gasteiger partial charge in [0.25, 0.3) is 0 Å². The Hall–Kier alpha value is -4.70. The molecule has 4 aromatic carbocycles. The summed E-state index contributed by atoms with van der Waals surface area (Å²) in [6.45, 7) is 8.63. The van der Waals surface area contributed by atoms with E-state index in [9.17, 15) is 0 Å². The van der Waals surface area contributed by atoms with E-state index in [0.717, 1.165) is 44.1 Å². The lowest BCUT2D eigenvalue weighted by atomic mass is 9.90. The number of pyridine rings is 2. The zero-order valence-electron chi connectivity index (χ0n) is 21.8. The fourth-order valence-electron chi connectivity index (χ4n) is 6.18. The summed E-state index contributed by atoms with van der Waals surface area (Å²) < 4.78 is 0. The minimum absolute atomic E-state index is 0.916. The molecule has 38 heavy (non-hydrogen) atoms. The monoisotopic (exact) mass is 490 g/mol. The number of aromatic amines is 2. The Labute approximate surface area is 219 Å². The van der Waals surface area contributed by atoms with Gasteiger partial charge in [-0.1, -0.05) is 46.5 Å². The third kappa shape index (κ3) is 2.91. The van der Waals surface area contributed by atoms with E-state index in [1.54, 1.807) is 0 Å². The minimum atomic E-state index is 0.916. The maximum Gasteiger partial charge on any atom is 0.139 e. The van der Waals surface area contributed by atoms with Crippen LogP contribution in [0.3, 0.4) is 0 Å². The molecule has 0 atom stereocenters. The molecule has 2 N–H and O–H groups in total. The molecule has 182 valence electrons. The molecule has 0 fully saturated rings. The first kappa shape index (κ1) is 21.4. The van der Waals surface area contributed by atoms with E-state index >= 15 is 0 Å². The van der Waals surface area contributed by atoms with Gasteiger partial charge >= 0.3 is 0 Å². The van der Waals surface area contributed by atoms with Crippen LogP contribution in [-0.4, -0.2) is 19.9 Å². The molecule has 0 saturated carbocycles. The van der Waals surface area contributed by atoms with Gasteiger partial charge in [-0.3, -0.25) is 0 Å². The molecule has 4 heterocycles. The third-order valence-electron chi connectivity index (χ3n) is 7.93. The molecule has 0 unspecified atom stereocenters. The lowest BCUT2D eigenvalue weighted by molar-refractivity contribution is 1.38. The molecule has 8 rings (SSSR count). The molecular formula is C34H26N4. The second kappa shape index (κ2) is 7.42. The van der Waals surface area contributed by atoms with Gasteiger partial charge in [0.2, 0.25) is 0 Å². The van der Waals surface area contributed by atoms with Crippen LogP contribution >= 0.6 is 0 Å². The third-order valence-corrected chi connectivity index (χ3v) is 7.93. The van der Waals surface area contributed by atoms with E-state index in [1.165, 1.54) is 54.9 Å².